The van der Waals surface area contributed by atoms with E-state index in [4.69, 9.17) is 0 Å². The Hall–Kier alpha value is -0.0513. The average Bonchev–Trinajstić information content (AvgIpc) is 2.23. The summed E-state index contributed by atoms with van der Waals surface area (Å²) in [6.45, 7) is 7.03. The van der Waals surface area contributed by atoms with Gasteiger partial charge in [-0.25, -0.2) is 0 Å². The first-order valence-corrected chi connectivity index (χ1v) is 12.7. The predicted molar refractivity (Wildman–Crippen MR) is 61.1 cm³/mol. The van der Waals surface area contributed by atoms with Gasteiger partial charge in [0.2, 0.25) is 0 Å². The number of rotatable bonds is 4. The van der Waals surface area contributed by atoms with Crippen molar-refractivity contribution < 1.29 is 0 Å². The van der Waals surface area contributed by atoms with Crippen molar-refractivity contribution in [3.63, 3.8) is 0 Å². The van der Waals surface area contributed by atoms with Crippen LogP contribution < -0.4 is 3.71 Å². The fourth-order valence-electron chi connectivity index (χ4n) is 1.97. The zero-order chi connectivity index (χ0) is 9.73. The Morgan fingerprint density at radius 2 is 1.69 bits per heavy atom. The molecule has 0 bridgehead atoms. The van der Waals surface area contributed by atoms with Gasteiger partial charge in [0.25, 0.3) is 0 Å². The monoisotopic (exact) mass is 285 g/mol. The van der Waals surface area contributed by atoms with Crippen LogP contribution in [0.1, 0.15) is 20.8 Å². The molecule has 13 heavy (non-hydrogen) atoms. The molecule has 1 rings (SSSR count). The quantitative estimate of drug-likeness (QED) is 0.775. The standard InChI is InChI=1S/C5H4N.3C2H5.Sn/c1-2-4-6-5-3-1;3*1-2;/h1-4H;3*1H2,2H3;. The number of pyridine rings is 1. The van der Waals surface area contributed by atoms with E-state index in [9.17, 15) is 0 Å². The van der Waals surface area contributed by atoms with Gasteiger partial charge < -0.3 is 0 Å². The number of aromatic nitrogens is 1. The zero-order valence-corrected chi connectivity index (χ0v) is 11.7. The van der Waals surface area contributed by atoms with Gasteiger partial charge in [-0.3, -0.25) is 0 Å². The third-order valence-corrected chi connectivity index (χ3v) is 18.8. The molecule has 1 nitrogen and oxygen atoms in total. The van der Waals surface area contributed by atoms with Gasteiger partial charge in [0.05, 0.1) is 0 Å². The van der Waals surface area contributed by atoms with Gasteiger partial charge in [0.15, 0.2) is 0 Å². The molecule has 0 saturated carbocycles. The topological polar surface area (TPSA) is 12.9 Å². The average molecular weight is 284 g/mol. The summed E-state index contributed by atoms with van der Waals surface area (Å²) in [6, 6.07) is 6.39. The van der Waals surface area contributed by atoms with Gasteiger partial charge in [-0.05, 0) is 0 Å². The molecule has 2 heteroatoms. The first-order chi connectivity index (χ1) is 6.29. The molecule has 1 aromatic rings. The van der Waals surface area contributed by atoms with Crippen molar-refractivity contribution in [3.05, 3.63) is 24.4 Å². The van der Waals surface area contributed by atoms with E-state index in [0.29, 0.717) is 0 Å². The molecule has 0 atom stereocenters. The van der Waals surface area contributed by atoms with E-state index in [1.807, 2.05) is 12.3 Å². The first kappa shape index (κ1) is 11.0. The Morgan fingerprint density at radius 1 is 1.08 bits per heavy atom. The Kier molecular flexibility index (Phi) is 4.23. The van der Waals surface area contributed by atoms with E-state index in [1.165, 1.54) is 17.0 Å². The molecule has 1 heterocycles. The number of hydrogen-bond donors (Lipinski definition) is 0. The fraction of sp³-hybridized carbons (Fsp3) is 0.545. The molecular weight excluding hydrogens is 265 g/mol. The van der Waals surface area contributed by atoms with Crippen LogP contribution in [0.2, 0.25) is 13.3 Å². The van der Waals surface area contributed by atoms with Gasteiger partial charge in [-0.2, -0.15) is 0 Å². The van der Waals surface area contributed by atoms with Crippen LogP contribution in [-0.4, -0.2) is 23.4 Å². The van der Waals surface area contributed by atoms with Crippen molar-refractivity contribution >= 4 is 22.1 Å². The van der Waals surface area contributed by atoms with Crippen LogP contribution in [0.4, 0.5) is 0 Å². The second-order valence-electron chi connectivity index (χ2n) is 3.56. The van der Waals surface area contributed by atoms with E-state index in [-0.39, 0.29) is 0 Å². The summed E-state index contributed by atoms with van der Waals surface area (Å²) < 4.78 is 5.63. The van der Waals surface area contributed by atoms with Gasteiger partial charge >= 0.3 is 85.5 Å². The maximum atomic E-state index is 4.56. The molecule has 0 aliphatic heterocycles. The number of nitrogens with zero attached hydrogens (tertiary/aromatic N) is 1. The Balaban J connectivity index is 3.01. The van der Waals surface area contributed by atoms with Crippen molar-refractivity contribution in [3.8, 4) is 0 Å². The van der Waals surface area contributed by atoms with Crippen molar-refractivity contribution in [1.29, 1.82) is 0 Å². The molecule has 1 aromatic heterocycles. The van der Waals surface area contributed by atoms with Gasteiger partial charge in [-0.15, -0.1) is 0 Å². The molecule has 0 radical (unpaired) electrons. The molecule has 0 aliphatic rings. The van der Waals surface area contributed by atoms with Crippen LogP contribution in [0.25, 0.3) is 0 Å². The third-order valence-electron chi connectivity index (χ3n) is 3.24. The second kappa shape index (κ2) is 4.99. The van der Waals surface area contributed by atoms with Crippen LogP contribution in [0.3, 0.4) is 0 Å². The summed E-state index contributed by atoms with van der Waals surface area (Å²) >= 11 is -1.98. The summed E-state index contributed by atoms with van der Waals surface area (Å²) in [5, 5.41) is 0. The van der Waals surface area contributed by atoms with Crippen LogP contribution in [0.15, 0.2) is 24.4 Å². The Bertz CT molecular complexity index is 233. The summed E-state index contributed by atoms with van der Waals surface area (Å²) in [4.78, 5) is 4.56. The zero-order valence-electron chi connectivity index (χ0n) is 8.88. The molecule has 0 fully saturated rings. The van der Waals surface area contributed by atoms with Crippen LogP contribution in [0.5, 0.6) is 0 Å². The summed E-state index contributed by atoms with van der Waals surface area (Å²) in [6.07, 6.45) is 1.95. The van der Waals surface area contributed by atoms with Gasteiger partial charge in [0.1, 0.15) is 0 Å². The van der Waals surface area contributed by atoms with Crippen LogP contribution in [-0.2, 0) is 0 Å². The van der Waals surface area contributed by atoms with Crippen molar-refractivity contribution in [2.75, 3.05) is 0 Å². The van der Waals surface area contributed by atoms with Crippen LogP contribution in [0, 0.1) is 0 Å². The molecule has 0 N–H and O–H groups in total. The minimum atomic E-state index is -1.98. The Labute approximate surface area is 85.5 Å². The molecule has 0 unspecified atom stereocenters. The third kappa shape index (κ3) is 2.25. The normalized spacial score (nSPS) is 11.6. The van der Waals surface area contributed by atoms with E-state index < -0.39 is 18.4 Å². The molecule has 0 saturated heterocycles. The minimum absolute atomic E-state index is 1.39. The summed E-state index contributed by atoms with van der Waals surface area (Å²) in [7, 11) is 0. The van der Waals surface area contributed by atoms with Crippen molar-refractivity contribution in [2.45, 2.75) is 34.1 Å². The molecule has 0 aliphatic carbocycles. The molecule has 0 aromatic carbocycles. The predicted octanol–water partition coefficient (Wildman–Crippen LogP) is 2.80. The molecule has 0 amide bonds. The van der Waals surface area contributed by atoms with Gasteiger partial charge in [-0.1, -0.05) is 0 Å². The van der Waals surface area contributed by atoms with Crippen molar-refractivity contribution in [2.24, 2.45) is 0 Å². The van der Waals surface area contributed by atoms with E-state index in [2.05, 4.69) is 37.9 Å². The molecule has 0 spiro atoms. The first-order valence-electron chi connectivity index (χ1n) is 5.20. The van der Waals surface area contributed by atoms with E-state index >= 15 is 0 Å². The SMILES string of the molecule is C[CH2][Sn]([CH2]C)([CH2]C)[c]1ccccn1. The fourth-order valence-corrected chi connectivity index (χ4v) is 11.6. The van der Waals surface area contributed by atoms with E-state index in [1.54, 1.807) is 0 Å². The molecular formula is C11H19NSn. The second-order valence-corrected chi connectivity index (χ2v) is 18.4. The van der Waals surface area contributed by atoms with Crippen molar-refractivity contribution in [1.82, 2.24) is 4.98 Å². The number of hydrogen-bond acceptors (Lipinski definition) is 1. The Morgan fingerprint density at radius 3 is 2.08 bits per heavy atom. The molecule has 72 valence electrons. The summed E-state index contributed by atoms with van der Waals surface area (Å²) in [5.74, 6) is 0. The van der Waals surface area contributed by atoms with Gasteiger partial charge in [0, 0.05) is 0 Å². The summed E-state index contributed by atoms with van der Waals surface area (Å²) in [5.41, 5.74) is 0. The van der Waals surface area contributed by atoms with E-state index in [0.717, 1.165) is 0 Å². The van der Waals surface area contributed by atoms with Crippen LogP contribution >= 0.6 is 0 Å². The maximum absolute atomic E-state index is 4.56.